The topological polar surface area (TPSA) is 64.1 Å². The molecule has 2 rings (SSSR count). The number of benzene rings is 1. The summed E-state index contributed by atoms with van der Waals surface area (Å²) in [5.41, 5.74) is 0. The minimum absolute atomic E-state index is 0. The molecule has 1 aliphatic heterocycles. The van der Waals surface area contributed by atoms with E-state index in [4.69, 9.17) is 14.2 Å². The third-order valence-corrected chi connectivity index (χ3v) is 4.44. The summed E-state index contributed by atoms with van der Waals surface area (Å²) in [4.78, 5) is 4.21. The highest BCUT2D eigenvalue weighted by Crippen LogP contribution is 2.17. The van der Waals surface area contributed by atoms with E-state index >= 15 is 0 Å². The molecule has 2 N–H and O–H groups in total. The fourth-order valence-electron chi connectivity index (χ4n) is 2.79. The molecule has 1 atom stereocenters. The highest BCUT2D eigenvalue weighted by atomic mass is 127. The lowest BCUT2D eigenvalue weighted by molar-refractivity contribution is -0.0320. The van der Waals surface area contributed by atoms with Crippen molar-refractivity contribution in [3.05, 3.63) is 30.1 Å². The molecule has 0 bridgehead atoms. The lowest BCUT2D eigenvalue weighted by Crippen LogP contribution is -2.43. The molecule has 1 aliphatic rings. The lowest BCUT2D eigenvalue weighted by Gasteiger charge is -2.22. The molecule has 0 aliphatic carbocycles. The molecule has 1 unspecified atom stereocenters. The number of ether oxygens (including phenoxy) is 3. The van der Waals surface area contributed by atoms with Gasteiger partial charge in [-0.1, -0.05) is 19.1 Å². The third-order valence-electron chi connectivity index (χ3n) is 4.44. The number of nitrogens with one attached hydrogen (secondary N) is 2. The third kappa shape index (κ3) is 9.38. The molecule has 28 heavy (non-hydrogen) atoms. The van der Waals surface area contributed by atoms with Gasteiger partial charge in [-0.05, 0) is 37.8 Å². The molecule has 1 saturated heterocycles. The van der Waals surface area contributed by atoms with Crippen LogP contribution in [0.4, 0.5) is 4.39 Å². The van der Waals surface area contributed by atoms with Crippen LogP contribution >= 0.6 is 24.0 Å². The summed E-state index contributed by atoms with van der Waals surface area (Å²) in [6.45, 7) is 5.65. The summed E-state index contributed by atoms with van der Waals surface area (Å²) < 4.78 is 30.7. The molecule has 8 heteroatoms. The van der Waals surface area contributed by atoms with Gasteiger partial charge in [0.25, 0.3) is 0 Å². The number of hydrogen-bond donors (Lipinski definition) is 2. The zero-order chi connectivity index (χ0) is 19.3. The van der Waals surface area contributed by atoms with Crippen molar-refractivity contribution in [1.82, 2.24) is 10.6 Å². The van der Waals surface area contributed by atoms with Crippen molar-refractivity contribution in [1.29, 1.82) is 0 Å². The molecule has 1 aromatic carbocycles. The second-order valence-corrected chi connectivity index (χ2v) is 6.49. The second-order valence-electron chi connectivity index (χ2n) is 6.49. The van der Waals surface area contributed by atoms with E-state index in [1.54, 1.807) is 25.2 Å². The first-order valence-electron chi connectivity index (χ1n) is 9.78. The molecular formula is C20H33FIN3O3. The van der Waals surface area contributed by atoms with Gasteiger partial charge in [-0.15, -0.1) is 24.0 Å². The Kier molecular flexibility index (Phi) is 13.2. The standard InChI is InChI=1S/C20H32FN3O3.HI/c1-3-16(27-19-8-5-4-7-18(19)21)15-24-20(22-2)23-11-6-12-26-17-9-13-25-14-10-17;/h4-5,7-8,16-17H,3,6,9-15H2,1-2H3,(H2,22,23,24);1H. The number of nitrogens with zero attached hydrogens (tertiary/aromatic N) is 1. The number of rotatable bonds is 10. The predicted octanol–water partition coefficient (Wildman–Crippen LogP) is 3.35. The number of halogens is 2. The van der Waals surface area contributed by atoms with Gasteiger partial charge in [0.2, 0.25) is 0 Å². The van der Waals surface area contributed by atoms with Crippen molar-refractivity contribution < 1.29 is 18.6 Å². The molecular weight excluding hydrogens is 476 g/mol. The predicted molar refractivity (Wildman–Crippen MR) is 120 cm³/mol. The molecule has 0 radical (unpaired) electrons. The van der Waals surface area contributed by atoms with E-state index in [-0.39, 0.29) is 41.6 Å². The molecule has 160 valence electrons. The Bertz CT molecular complexity index is 571. The minimum atomic E-state index is -0.344. The lowest BCUT2D eigenvalue weighted by atomic mass is 10.1. The average molecular weight is 509 g/mol. The number of hydrogen-bond acceptors (Lipinski definition) is 4. The van der Waals surface area contributed by atoms with Crippen LogP contribution in [0.5, 0.6) is 5.75 Å². The average Bonchev–Trinajstić information content (AvgIpc) is 2.71. The first-order chi connectivity index (χ1) is 13.2. The summed E-state index contributed by atoms with van der Waals surface area (Å²) in [7, 11) is 1.73. The zero-order valence-corrected chi connectivity index (χ0v) is 19.1. The van der Waals surface area contributed by atoms with Crippen molar-refractivity contribution in [3.63, 3.8) is 0 Å². The Morgan fingerprint density at radius 3 is 2.71 bits per heavy atom. The normalized spacial score (nSPS) is 16.2. The van der Waals surface area contributed by atoms with Crippen LogP contribution in [-0.4, -0.2) is 58.1 Å². The van der Waals surface area contributed by atoms with Crippen molar-refractivity contribution in [2.24, 2.45) is 4.99 Å². The van der Waals surface area contributed by atoms with Crippen LogP contribution in [0.2, 0.25) is 0 Å². The van der Waals surface area contributed by atoms with Gasteiger partial charge in [0.1, 0.15) is 6.10 Å². The molecule has 0 saturated carbocycles. The molecule has 0 amide bonds. The van der Waals surface area contributed by atoms with Crippen LogP contribution < -0.4 is 15.4 Å². The van der Waals surface area contributed by atoms with Crippen LogP contribution in [-0.2, 0) is 9.47 Å². The van der Waals surface area contributed by atoms with E-state index < -0.39 is 0 Å². The molecule has 1 fully saturated rings. The van der Waals surface area contributed by atoms with Gasteiger partial charge in [0.05, 0.1) is 12.6 Å². The van der Waals surface area contributed by atoms with Gasteiger partial charge >= 0.3 is 0 Å². The first-order valence-corrected chi connectivity index (χ1v) is 9.78. The maximum absolute atomic E-state index is 13.7. The minimum Gasteiger partial charge on any atom is -0.486 e. The van der Waals surface area contributed by atoms with Crippen LogP contribution in [0.25, 0.3) is 0 Å². The highest BCUT2D eigenvalue weighted by Gasteiger charge is 2.14. The van der Waals surface area contributed by atoms with Crippen molar-refractivity contribution >= 4 is 29.9 Å². The SMILES string of the molecule is CCC(CNC(=NC)NCCCOC1CCOCC1)Oc1ccccc1F.I. The van der Waals surface area contributed by atoms with E-state index in [9.17, 15) is 4.39 Å². The Hall–Kier alpha value is -1.13. The van der Waals surface area contributed by atoms with Crippen LogP contribution in [0.15, 0.2) is 29.3 Å². The molecule has 0 aromatic heterocycles. The van der Waals surface area contributed by atoms with Crippen LogP contribution in [0.3, 0.4) is 0 Å². The van der Waals surface area contributed by atoms with Crippen molar-refractivity contribution in [3.8, 4) is 5.75 Å². The summed E-state index contributed by atoms with van der Waals surface area (Å²) in [6.07, 6.45) is 3.82. The Balaban J connectivity index is 0.00000392. The Morgan fingerprint density at radius 1 is 1.29 bits per heavy atom. The maximum Gasteiger partial charge on any atom is 0.191 e. The van der Waals surface area contributed by atoms with Gasteiger partial charge in [-0.3, -0.25) is 4.99 Å². The smallest absolute Gasteiger partial charge is 0.191 e. The van der Waals surface area contributed by atoms with Gasteiger partial charge in [0.15, 0.2) is 17.5 Å². The van der Waals surface area contributed by atoms with Crippen LogP contribution in [0, 0.1) is 5.82 Å². The Morgan fingerprint density at radius 2 is 2.04 bits per heavy atom. The molecule has 1 aromatic rings. The second kappa shape index (κ2) is 14.8. The maximum atomic E-state index is 13.7. The van der Waals surface area contributed by atoms with E-state index in [2.05, 4.69) is 15.6 Å². The number of para-hydroxylation sites is 1. The summed E-state index contributed by atoms with van der Waals surface area (Å²) in [5, 5.41) is 6.50. The monoisotopic (exact) mass is 509 g/mol. The first kappa shape index (κ1) is 24.9. The van der Waals surface area contributed by atoms with Crippen molar-refractivity contribution in [2.75, 3.05) is 40.0 Å². The summed E-state index contributed by atoms with van der Waals surface area (Å²) in [5.74, 6) is 0.638. The van der Waals surface area contributed by atoms with Gasteiger partial charge in [0, 0.05) is 33.4 Å². The molecule has 1 heterocycles. The van der Waals surface area contributed by atoms with E-state index in [0.29, 0.717) is 18.6 Å². The fourth-order valence-corrected chi connectivity index (χ4v) is 2.79. The van der Waals surface area contributed by atoms with Gasteiger partial charge in [-0.25, -0.2) is 4.39 Å². The Labute approximate surface area is 184 Å². The molecule has 6 nitrogen and oxygen atoms in total. The van der Waals surface area contributed by atoms with E-state index in [1.165, 1.54) is 6.07 Å². The summed E-state index contributed by atoms with van der Waals surface area (Å²) >= 11 is 0. The largest absolute Gasteiger partial charge is 0.486 e. The van der Waals surface area contributed by atoms with E-state index in [1.807, 2.05) is 6.92 Å². The van der Waals surface area contributed by atoms with E-state index in [0.717, 1.165) is 52.0 Å². The van der Waals surface area contributed by atoms with Gasteiger partial charge < -0.3 is 24.8 Å². The highest BCUT2D eigenvalue weighted by molar-refractivity contribution is 14.0. The van der Waals surface area contributed by atoms with Crippen LogP contribution in [0.1, 0.15) is 32.6 Å². The fraction of sp³-hybridized carbons (Fsp3) is 0.650. The quantitative estimate of drug-likeness (QED) is 0.219. The number of guanidine groups is 1. The van der Waals surface area contributed by atoms with Crippen molar-refractivity contribution in [2.45, 2.75) is 44.8 Å². The summed E-state index contributed by atoms with van der Waals surface area (Å²) in [6, 6.07) is 6.46. The number of aliphatic imine (C=N–C) groups is 1. The molecule has 0 spiro atoms. The van der Waals surface area contributed by atoms with Gasteiger partial charge in [-0.2, -0.15) is 0 Å². The zero-order valence-electron chi connectivity index (χ0n) is 16.8.